The highest BCUT2D eigenvalue weighted by Crippen LogP contribution is 2.17. The number of hydrogen-bond acceptors (Lipinski definition) is 4. The van der Waals surface area contributed by atoms with Crippen LogP contribution in [0.1, 0.15) is 43.8 Å². The summed E-state index contributed by atoms with van der Waals surface area (Å²) in [6.45, 7) is 2.31. The molecule has 0 aromatic carbocycles. The van der Waals surface area contributed by atoms with Crippen molar-refractivity contribution in [3.8, 4) is 0 Å². The van der Waals surface area contributed by atoms with Gasteiger partial charge in [0.25, 0.3) is 0 Å². The smallest absolute Gasteiger partial charge is 0.246 e. The number of nitrogens with one attached hydrogen (secondary N) is 2. The molecular formula is C12H22IN5O. The molecule has 1 heterocycles. The Labute approximate surface area is 130 Å². The van der Waals surface area contributed by atoms with Crippen molar-refractivity contribution in [2.75, 3.05) is 7.05 Å². The first-order valence-electron chi connectivity index (χ1n) is 6.54. The zero-order valence-corrected chi connectivity index (χ0v) is 13.8. The summed E-state index contributed by atoms with van der Waals surface area (Å²) in [6, 6.07) is 0.536. The van der Waals surface area contributed by atoms with Gasteiger partial charge in [0.05, 0.1) is 6.54 Å². The molecule has 2 rings (SSSR count). The van der Waals surface area contributed by atoms with E-state index in [1.54, 1.807) is 7.05 Å². The van der Waals surface area contributed by atoms with Crippen LogP contribution in [0.15, 0.2) is 9.52 Å². The number of halogens is 1. The van der Waals surface area contributed by atoms with Crippen molar-refractivity contribution in [2.24, 2.45) is 4.99 Å². The van der Waals surface area contributed by atoms with E-state index in [1.165, 1.54) is 32.1 Å². The Morgan fingerprint density at radius 1 is 1.37 bits per heavy atom. The van der Waals surface area contributed by atoms with Crippen LogP contribution < -0.4 is 10.6 Å². The lowest BCUT2D eigenvalue weighted by atomic mass is 9.96. The Morgan fingerprint density at radius 2 is 2.11 bits per heavy atom. The first kappa shape index (κ1) is 16.2. The Balaban J connectivity index is 0.00000180. The number of aryl methyl sites for hydroxylation is 1. The standard InChI is InChI=1S/C12H21N5O.HI/c1-9-15-11(18-17-9)8-14-12(13-2)16-10-6-4-3-5-7-10;/h10H,3-8H2,1-2H3,(H2,13,14,16);1H. The molecule has 19 heavy (non-hydrogen) atoms. The Bertz CT molecular complexity index is 401. The Kier molecular flexibility index (Phi) is 7.11. The number of aliphatic imine (C=N–C) groups is 1. The molecule has 2 N–H and O–H groups in total. The van der Waals surface area contributed by atoms with E-state index in [1.807, 2.05) is 6.92 Å². The van der Waals surface area contributed by atoms with E-state index in [0.717, 1.165) is 5.96 Å². The molecule has 1 aliphatic carbocycles. The van der Waals surface area contributed by atoms with Crippen molar-refractivity contribution in [2.45, 2.75) is 51.6 Å². The van der Waals surface area contributed by atoms with E-state index in [-0.39, 0.29) is 24.0 Å². The number of rotatable bonds is 3. The second-order valence-electron chi connectivity index (χ2n) is 4.64. The minimum absolute atomic E-state index is 0. The van der Waals surface area contributed by atoms with Gasteiger partial charge < -0.3 is 15.2 Å². The molecule has 0 atom stereocenters. The van der Waals surface area contributed by atoms with Gasteiger partial charge in [-0.2, -0.15) is 4.98 Å². The van der Waals surface area contributed by atoms with Crippen LogP contribution in [0.5, 0.6) is 0 Å². The van der Waals surface area contributed by atoms with Crippen molar-refractivity contribution >= 4 is 29.9 Å². The van der Waals surface area contributed by atoms with Gasteiger partial charge in [0.1, 0.15) is 0 Å². The summed E-state index contributed by atoms with van der Waals surface area (Å²) in [5.41, 5.74) is 0. The van der Waals surface area contributed by atoms with E-state index >= 15 is 0 Å². The molecule has 1 aliphatic rings. The third-order valence-electron chi connectivity index (χ3n) is 3.15. The molecule has 0 aliphatic heterocycles. The third kappa shape index (κ3) is 5.33. The van der Waals surface area contributed by atoms with E-state index in [2.05, 4.69) is 25.8 Å². The monoisotopic (exact) mass is 379 g/mol. The highest BCUT2D eigenvalue weighted by atomic mass is 127. The van der Waals surface area contributed by atoms with Crippen LogP contribution in [0.3, 0.4) is 0 Å². The highest BCUT2D eigenvalue weighted by molar-refractivity contribution is 14.0. The molecule has 108 valence electrons. The Hall–Kier alpha value is -0.860. The van der Waals surface area contributed by atoms with Gasteiger partial charge in [-0.1, -0.05) is 24.4 Å². The maximum atomic E-state index is 5.04. The van der Waals surface area contributed by atoms with E-state index in [4.69, 9.17) is 4.52 Å². The van der Waals surface area contributed by atoms with Gasteiger partial charge in [-0.05, 0) is 19.8 Å². The summed E-state index contributed by atoms with van der Waals surface area (Å²) in [5, 5.41) is 10.4. The fourth-order valence-electron chi connectivity index (χ4n) is 2.21. The van der Waals surface area contributed by atoms with E-state index in [0.29, 0.717) is 24.3 Å². The van der Waals surface area contributed by atoms with Gasteiger partial charge in [-0.3, -0.25) is 4.99 Å². The number of nitrogens with zero attached hydrogens (tertiary/aromatic N) is 3. The molecule has 0 amide bonds. The number of guanidine groups is 1. The summed E-state index contributed by atoms with van der Waals surface area (Å²) < 4.78 is 5.04. The van der Waals surface area contributed by atoms with Gasteiger partial charge in [0.15, 0.2) is 11.8 Å². The maximum absolute atomic E-state index is 5.04. The zero-order valence-electron chi connectivity index (χ0n) is 11.5. The van der Waals surface area contributed by atoms with Crippen molar-refractivity contribution in [3.05, 3.63) is 11.7 Å². The average Bonchev–Trinajstić information content (AvgIpc) is 2.81. The molecule has 0 unspecified atom stereocenters. The molecule has 1 saturated carbocycles. The predicted molar refractivity (Wildman–Crippen MR) is 84.7 cm³/mol. The molecule has 0 saturated heterocycles. The lowest BCUT2D eigenvalue weighted by molar-refractivity contribution is 0.369. The molecule has 7 heteroatoms. The van der Waals surface area contributed by atoms with Gasteiger partial charge in [-0.15, -0.1) is 24.0 Å². The van der Waals surface area contributed by atoms with Crippen LogP contribution in [0.4, 0.5) is 0 Å². The molecule has 1 fully saturated rings. The molecule has 6 nitrogen and oxygen atoms in total. The maximum Gasteiger partial charge on any atom is 0.246 e. The quantitative estimate of drug-likeness (QED) is 0.477. The van der Waals surface area contributed by atoms with Crippen LogP contribution in [-0.4, -0.2) is 29.2 Å². The van der Waals surface area contributed by atoms with Crippen LogP contribution in [0, 0.1) is 6.92 Å². The van der Waals surface area contributed by atoms with Crippen LogP contribution >= 0.6 is 24.0 Å². The fourth-order valence-corrected chi connectivity index (χ4v) is 2.21. The van der Waals surface area contributed by atoms with Gasteiger partial charge in [-0.25, -0.2) is 0 Å². The summed E-state index contributed by atoms with van der Waals surface area (Å²) in [7, 11) is 1.78. The first-order valence-corrected chi connectivity index (χ1v) is 6.54. The predicted octanol–water partition coefficient (Wildman–Crippen LogP) is 1.99. The minimum Gasteiger partial charge on any atom is -0.354 e. The third-order valence-corrected chi connectivity index (χ3v) is 3.15. The lowest BCUT2D eigenvalue weighted by Crippen LogP contribution is -2.43. The minimum atomic E-state index is 0. The van der Waals surface area contributed by atoms with Crippen LogP contribution in [-0.2, 0) is 6.54 Å². The zero-order chi connectivity index (χ0) is 12.8. The number of aromatic nitrogens is 2. The van der Waals surface area contributed by atoms with Gasteiger partial charge in [0.2, 0.25) is 5.89 Å². The number of hydrogen-bond donors (Lipinski definition) is 2. The average molecular weight is 379 g/mol. The van der Waals surface area contributed by atoms with Crippen molar-refractivity contribution in [3.63, 3.8) is 0 Å². The largest absolute Gasteiger partial charge is 0.354 e. The Morgan fingerprint density at radius 3 is 2.68 bits per heavy atom. The van der Waals surface area contributed by atoms with Crippen molar-refractivity contribution in [1.29, 1.82) is 0 Å². The molecule has 0 radical (unpaired) electrons. The molecule has 0 bridgehead atoms. The lowest BCUT2D eigenvalue weighted by Gasteiger charge is -2.24. The molecular weight excluding hydrogens is 357 g/mol. The van der Waals surface area contributed by atoms with Gasteiger partial charge >= 0.3 is 0 Å². The topological polar surface area (TPSA) is 75.3 Å². The second kappa shape index (κ2) is 8.34. The van der Waals surface area contributed by atoms with E-state index in [9.17, 15) is 0 Å². The van der Waals surface area contributed by atoms with Gasteiger partial charge in [0, 0.05) is 13.1 Å². The summed E-state index contributed by atoms with van der Waals surface area (Å²) >= 11 is 0. The second-order valence-corrected chi connectivity index (χ2v) is 4.64. The molecule has 1 aromatic rings. The summed E-state index contributed by atoms with van der Waals surface area (Å²) in [6.07, 6.45) is 6.40. The first-order chi connectivity index (χ1) is 8.78. The van der Waals surface area contributed by atoms with Crippen LogP contribution in [0.2, 0.25) is 0 Å². The highest BCUT2D eigenvalue weighted by Gasteiger charge is 2.14. The summed E-state index contributed by atoms with van der Waals surface area (Å²) in [5.74, 6) is 2.04. The summed E-state index contributed by atoms with van der Waals surface area (Å²) in [4.78, 5) is 8.35. The molecule has 1 aromatic heterocycles. The normalized spacial score (nSPS) is 16.8. The van der Waals surface area contributed by atoms with Crippen molar-refractivity contribution < 1.29 is 4.52 Å². The van der Waals surface area contributed by atoms with Crippen molar-refractivity contribution in [1.82, 2.24) is 20.8 Å². The fraction of sp³-hybridized carbons (Fsp3) is 0.750. The molecule has 0 spiro atoms. The SMILES string of the molecule is CN=C(NCc1nc(C)no1)NC1CCCCC1.I. The van der Waals surface area contributed by atoms with E-state index < -0.39 is 0 Å². The van der Waals surface area contributed by atoms with Crippen LogP contribution in [0.25, 0.3) is 0 Å².